The van der Waals surface area contributed by atoms with Crippen molar-refractivity contribution in [1.82, 2.24) is 4.98 Å². The lowest BCUT2D eigenvalue weighted by Crippen LogP contribution is -2.37. The van der Waals surface area contributed by atoms with Crippen LogP contribution in [0.5, 0.6) is 0 Å². The molecule has 0 aliphatic heterocycles. The lowest BCUT2D eigenvalue weighted by molar-refractivity contribution is 0.483. The van der Waals surface area contributed by atoms with Gasteiger partial charge in [0, 0.05) is 13.2 Å². The first-order chi connectivity index (χ1) is 8.53. The molecule has 0 aromatic carbocycles. The third-order valence-corrected chi connectivity index (χ3v) is 5.80. The summed E-state index contributed by atoms with van der Waals surface area (Å²) in [6, 6.07) is 1.63. The summed E-state index contributed by atoms with van der Waals surface area (Å²) < 4.78 is 26.3. The Morgan fingerprint density at radius 1 is 1.33 bits per heavy atom. The summed E-state index contributed by atoms with van der Waals surface area (Å²) in [7, 11) is -1.75. The molecule has 0 radical (unpaired) electrons. The van der Waals surface area contributed by atoms with Crippen LogP contribution < -0.4 is 10.0 Å². The van der Waals surface area contributed by atoms with Crippen molar-refractivity contribution in [2.75, 3.05) is 17.1 Å². The van der Waals surface area contributed by atoms with Gasteiger partial charge in [-0.1, -0.05) is 19.3 Å². The fourth-order valence-corrected chi connectivity index (χ4v) is 4.23. The Morgan fingerprint density at radius 3 is 2.61 bits per heavy atom. The SMILES string of the molecule is CN(c1ccncc1N)S(=O)(=O)C1CCCCC1. The lowest BCUT2D eigenvalue weighted by Gasteiger charge is -2.28. The maximum atomic E-state index is 12.5. The molecule has 1 aliphatic carbocycles. The van der Waals surface area contributed by atoms with Crippen molar-refractivity contribution in [2.24, 2.45) is 0 Å². The molecule has 5 nitrogen and oxygen atoms in total. The summed E-state index contributed by atoms with van der Waals surface area (Å²) in [5.74, 6) is 0. The zero-order valence-electron chi connectivity index (χ0n) is 10.5. The van der Waals surface area contributed by atoms with Gasteiger partial charge in [-0.2, -0.15) is 0 Å². The second-order valence-electron chi connectivity index (χ2n) is 4.71. The van der Waals surface area contributed by atoms with Gasteiger partial charge in [-0.05, 0) is 18.9 Å². The maximum absolute atomic E-state index is 12.5. The van der Waals surface area contributed by atoms with Crippen molar-refractivity contribution in [3.05, 3.63) is 18.5 Å². The highest BCUT2D eigenvalue weighted by Crippen LogP contribution is 2.30. The van der Waals surface area contributed by atoms with Gasteiger partial charge in [0.1, 0.15) is 0 Å². The summed E-state index contributed by atoms with van der Waals surface area (Å²) in [5.41, 5.74) is 6.68. The number of nitrogen functional groups attached to an aromatic ring is 1. The molecule has 1 heterocycles. The zero-order valence-corrected chi connectivity index (χ0v) is 11.4. The van der Waals surface area contributed by atoms with Gasteiger partial charge < -0.3 is 5.73 Å². The van der Waals surface area contributed by atoms with E-state index in [9.17, 15) is 8.42 Å². The minimum atomic E-state index is -3.31. The number of hydrogen-bond donors (Lipinski definition) is 1. The van der Waals surface area contributed by atoms with Gasteiger partial charge in [-0.25, -0.2) is 8.42 Å². The monoisotopic (exact) mass is 269 g/mol. The van der Waals surface area contributed by atoms with E-state index in [0.717, 1.165) is 32.1 Å². The van der Waals surface area contributed by atoms with Crippen LogP contribution in [0, 0.1) is 0 Å². The number of hydrogen-bond acceptors (Lipinski definition) is 4. The average Bonchev–Trinajstić information content (AvgIpc) is 2.39. The van der Waals surface area contributed by atoms with E-state index in [4.69, 9.17) is 5.73 Å². The third-order valence-electron chi connectivity index (χ3n) is 3.52. The lowest BCUT2D eigenvalue weighted by atomic mass is 10.0. The predicted octanol–water partition coefficient (Wildman–Crippen LogP) is 1.76. The van der Waals surface area contributed by atoms with Crippen molar-refractivity contribution in [3.63, 3.8) is 0 Å². The summed E-state index contributed by atoms with van der Waals surface area (Å²) in [4.78, 5) is 3.88. The van der Waals surface area contributed by atoms with Gasteiger partial charge in [0.05, 0.1) is 22.8 Å². The Kier molecular flexibility index (Phi) is 3.75. The molecule has 1 fully saturated rings. The molecule has 1 aromatic heterocycles. The van der Waals surface area contributed by atoms with Crippen molar-refractivity contribution in [1.29, 1.82) is 0 Å². The van der Waals surface area contributed by atoms with Crippen LogP contribution in [0.2, 0.25) is 0 Å². The molecule has 2 rings (SSSR count). The largest absolute Gasteiger partial charge is 0.396 e. The van der Waals surface area contributed by atoms with E-state index in [0.29, 0.717) is 11.4 Å². The summed E-state index contributed by atoms with van der Waals surface area (Å²) in [5, 5.41) is -0.274. The molecule has 2 N–H and O–H groups in total. The number of rotatable bonds is 3. The summed E-state index contributed by atoms with van der Waals surface area (Å²) in [6.07, 6.45) is 7.64. The maximum Gasteiger partial charge on any atom is 0.237 e. The Balaban J connectivity index is 2.27. The van der Waals surface area contributed by atoms with E-state index < -0.39 is 10.0 Å². The molecular weight excluding hydrogens is 250 g/mol. The van der Waals surface area contributed by atoms with Crippen LogP contribution in [0.25, 0.3) is 0 Å². The van der Waals surface area contributed by atoms with Gasteiger partial charge in [0.2, 0.25) is 10.0 Å². The smallest absolute Gasteiger partial charge is 0.237 e. The Bertz CT molecular complexity index is 510. The number of pyridine rings is 1. The van der Waals surface area contributed by atoms with E-state index in [1.807, 2.05) is 0 Å². The number of anilines is 2. The first-order valence-corrected chi connectivity index (χ1v) is 7.71. The number of nitrogens with zero attached hydrogens (tertiary/aromatic N) is 2. The molecular formula is C12H19N3O2S. The molecule has 18 heavy (non-hydrogen) atoms. The fraction of sp³-hybridized carbons (Fsp3) is 0.583. The molecule has 0 amide bonds. The molecule has 0 saturated heterocycles. The molecule has 1 aliphatic rings. The second-order valence-corrected chi connectivity index (χ2v) is 6.95. The van der Waals surface area contributed by atoms with Crippen LogP contribution in [-0.4, -0.2) is 25.7 Å². The van der Waals surface area contributed by atoms with Crippen molar-refractivity contribution in [3.8, 4) is 0 Å². The molecule has 6 heteroatoms. The highest BCUT2D eigenvalue weighted by atomic mass is 32.2. The summed E-state index contributed by atoms with van der Waals surface area (Å²) in [6.45, 7) is 0. The van der Waals surface area contributed by atoms with Crippen LogP contribution in [-0.2, 0) is 10.0 Å². The highest BCUT2D eigenvalue weighted by molar-refractivity contribution is 7.93. The second kappa shape index (κ2) is 5.14. The predicted molar refractivity (Wildman–Crippen MR) is 72.8 cm³/mol. The first-order valence-electron chi connectivity index (χ1n) is 6.20. The fourth-order valence-electron chi connectivity index (χ4n) is 2.41. The van der Waals surface area contributed by atoms with Crippen molar-refractivity contribution >= 4 is 21.4 Å². The quantitative estimate of drug-likeness (QED) is 0.907. The van der Waals surface area contributed by atoms with E-state index >= 15 is 0 Å². The zero-order chi connectivity index (χ0) is 13.2. The molecule has 100 valence electrons. The number of nitrogens with two attached hydrogens (primary N) is 1. The van der Waals surface area contributed by atoms with E-state index in [1.165, 1.54) is 10.5 Å². The van der Waals surface area contributed by atoms with Crippen LogP contribution in [0.1, 0.15) is 32.1 Å². The average molecular weight is 269 g/mol. The van der Waals surface area contributed by atoms with Crippen molar-refractivity contribution in [2.45, 2.75) is 37.4 Å². The highest BCUT2D eigenvalue weighted by Gasteiger charge is 2.31. The van der Waals surface area contributed by atoms with E-state index in [1.54, 1.807) is 19.3 Å². The van der Waals surface area contributed by atoms with Crippen LogP contribution >= 0.6 is 0 Å². The van der Waals surface area contributed by atoms with Gasteiger partial charge in [0.25, 0.3) is 0 Å². The van der Waals surface area contributed by atoms with Gasteiger partial charge in [-0.15, -0.1) is 0 Å². The van der Waals surface area contributed by atoms with Gasteiger partial charge in [-0.3, -0.25) is 9.29 Å². The minimum Gasteiger partial charge on any atom is -0.396 e. The van der Waals surface area contributed by atoms with E-state index in [-0.39, 0.29) is 5.25 Å². The Hall–Kier alpha value is -1.30. The topological polar surface area (TPSA) is 76.3 Å². The van der Waals surface area contributed by atoms with Crippen LogP contribution in [0.15, 0.2) is 18.5 Å². The molecule has 0 spiro atoms. The first kappa shape index (κ1) is 13.1. The number of sulfonamides is 1. The number of aromatic nitrogens is 1. The minimum absolute atomic E-state index is 0.274. The van der Waals surface area contributed by atoms with Crippen LogP contribution in [0.4, 0.5) is 11.4 Å². The molecule has 1 saturated carbocycles. The Morgan fingerprint density at radius 2 is 2.00 bits per heavy atom. The van der Waals surface area contributed by atoms with Gasteiger partial charge >= 0.3 is 0 Å². The third kappa shape index (κ3) is 2.43. The van der Waals surface area contributed by atoms with Gasteiger partial charge in [0.15, 0.2) is 0 Å². The van der Waals surface area contributed by atoms with E-state index in [2.05, 4.69) is 4.98 Å². The Labute approximate surface area is 108 Å². The molecule has 1 aromatic rings. The molecule has 0 unspecified atom stereocenters. The van der Waals surface area contributed by atoms with Crippen LogP contribution in [0.3, 0.4) is 0 Å². The summed E-state index contributed by atoms with van der Waals surface area (Å²) >= 11 is 0. The van der Waals surface area contributed by atoms with Crippen molar-refractivity contribution < 1.29 is 8.42 Å². The molecule has 0 bridgehead atoms. The normalized spacial score (nSPS) is 17.6. The molecule has 0 atom stereocenters. The standard InChI is InChI=1S/C12H19N3O2S/c1-15(12-7-8-14-9-11(12)13)18(16,17)10-5-3-2-4-6-10/h7-10H,2-6,13H2,1H3.